The Kier molecular flexibility index (Phi) is 4.37. The minimum absolute atomic E-state index is 0.217. The van der Waals surface area contributed by atoms with Crippen LogP contribution in [0, 0.1) is 11.6 Å². The van der Waals surface area contributed by atoms with Gasteiger partial charge in [0.2, 0.25) is 5.95 Å². The molecule has 0 radical (unpaired) electrons. The third-order valence-electron chi connectivity index (χ3n) is 3.09. The van der Waals surface area contributed by atoms with Gasteiger partial charge in [-0.3, -0.25) is 0 Å². The Balaban J connectivity index is 1.70. The van der Waals surface area contributed by atoms with Crippen LogP contribution < -0.4 is 10.6 Å². The zero-order valence-electron chi connectivity index (χ0n) is 12.0. The van der Waals surface area contributed by atoms with E-state index in [0.717, 1.165) is 0 Å². The standard InChI is InChI=1S/C16H13F2N5/c17-12-6-2-1-5-11(12)9-19-16-22-15(10-20-23-16)21-14-8-4-3-7-13(14)18/h1-8,10H,9H2,(H2,19,21,22,23). The van der Waals surface area contributed by atoms with E-state index in [0.29, 0.717) is 11.4 Å². The molecule has 3 rings (SSSR count). The quantitative estimate of drug-likeness (QED) is 0.755. The summed E-state index contributed by atoms with van der Waals surface area (Å²) in [6.07, 6.45) is 1.38. The molecule has 0 unspecified atom stereocenters. The van der Waals surface area contributed by atoms with Crippen LogP contribution in [-0.4, -0.2) is 15.2 Å². The predicted octanol–water partition coefficient (Wildman–Crippen LogP) is 3.51. The van der Waals surface area contributed by atoms with Crippen LogP contribution in [0.5, 0.6) is 0 Å². The van der Waals surface area contributed by atoms with Crippen LogP contribution in [0.15, 0.2) is 54.7 Å². The molecule has 0 saturated carbocycles. The van der Waals surface area contributed by atoms with Gasteiger partial charge in [0.15, 0.2) is 5.82 Å². The maximum absolute atomic E-state index is 13.6. The van der Waals surface area contributed by atoms with E-state index in [4.69, 9.17) is 0 Å². The number of benzene rings is 2. The molecule has 0 spiro atoms. The number of hydrogen-bond acceptors (Lipinski definition) is 5. The van der Waals surface area contributed by atoms with Crippen molar-refractivity contribution in [2.24, 2.45) is 0 Å². The predicted molar refractivity (Wildman–Crippen MR) is 83.2 cm³/mol. The van der Waals surface area contributed by atoms with Crippen molar-refractivity contribution in [3.05, 3.63) is 71.9 Å². The normalized spacial score (nSPS) is 10.3. The molecule has 0 fully saturated rings. The zero-order valence-corrected chi connectivity index (χ0v) is 12.0. The van der Waals surface area contributed by atoms with Gasteiger partial charge in [-0.1, -0.05) is 30.3 Å². The molecule has 0 bridgehead atoms. The molecule has 7 heteroatoms. The van der Waals surface area contributed by atoms with E-state index in [1.165, 1.54) is 18.3 Å². The number of hydrogen-bond donors (Lipinski definition) is 2. The lowest BCUT2D eigenvalue weighted by molar-refractivity contribution is 0.612. The van der Waals surface area contributed by atoms with E-state index in [9.17, 15) is 8.78 Å². The van der Waals surface area contributed by atoms with Gasteiger partial charge < -0.3 is 10.6 Å². The number of para-hydroxylation sites is 1. The lowest BCUT2D eigenvalue weighted by Gasteiger charge is -2.08. The fourth-order valence-electron chi connectivity index (χ4n) is 1.96. The van der Waals surface area contributed by atoms with Gasteiger partial charge in [-0.05, 0) is 18.2 Å². The van der Waals surface area contributed by atoms with Crippen LogP contribution in [0.25, 0.3) is 0 Å². The lowest BCUT2D eigenvalue weighted by atomic mass is 10.2. The van der Waals surface area contributed by atoms with Crippen LogP contribution in [0.2, 0.25) is 0 Å². The fraction of sp³-hybridized carbons (Fsp3) is 0.0625. The summed E-state index contributed by atoms with van der Waals surface area (Å²) in [5.41, 5.74) is 0.775. The third kappa shape index (κ3) is 3.76. The molecule has 0 aliphatic carbocycles. The zero-order chi connectivity index (χ0) is 16.1. The number of anilines is 3. The number of aromatic nitrogens is 3. The number of halogens is 2. The average molecular weight is 313 g/mol. The summed E-state index contributed by atoms with van der Waals surface area (Å²) in [5, 5.41) is 13.3. The molecule has 116 valence electrons. The molecule has 0 amide bonds. The van der Waals surface area contributed by atoms with E-state index in [1.54, 1.807) is 36.4 Å². The highest BCUT2D eigenvalue weighted by Gasteiger charge is 2.05. The second-order valence-electron chi connectivity index (χ2n) is 4.72. The second kappa shape index (κ2) is 6.78. The first-order valence-electron chi connectivity index (χ1n) is 6.91. The fourth-order valence-corrected chi connectivity index (χ4v) is 1.96. The van der Waals surface area contributed by atoms with Crippen molar-refractivity contribution in [2.75, 3.05) is 10.6 Å². The van der Waals surface area contributed by atoms with Gasteiger partial charge >= 0.3 is 0 Å². The van der Waals surface area contributed by atoms with Crippen molar-refractivity contribution < 1.29 is 8.78 Å². The van der Waals surface area contributed by atoms with Crippen molar-refractivity contribution in [3.63, 3.8) is 0 Å². The number of nitrogens with zero attached hydrogens (tertiary/aromatic N) is 3. The first kappa shape index (κ1) is 14.8. The Labute approximate surface area is 131 Å². The molecular formula is C16H13F2N5. The number of rotatable bonds is 5. The van der Waals surface area contributed by atoms with Crippen LogP contribution >= 0.6 is 0 Å². The van der Waals surface area contributed by atoms with Crippen molar-refractivity contribution in [3.8, 4) is 0 Å². The molecule has 0 atom stereocenters. The highest BCUT2D eigenvalue weighted by Crippen LogP contribution is 2.18. The van der Waals surface area contributed by atoms with Gasteiger partial charge in [0.25, 0.3) is 0 Å². The molecule has 0 aliphatic rings. The largest absolute Gasteiger partial charge is 0.349 e. The SMILES string of the molecule is Fc1ccccc1CNc1nncc(Nc2ccccc2F)n1. The average Bonchev–Trinajstić information content (AvgIpc) is 2.57. The molecular weight excluding hydrogens is 300 g/mol. The maximum Gasteiger partial charge on any atom is 0.244 e. The van der Waals surface area contributed by atoms with Crippen molar-refractivity contribution in [1.29, 1.82) is 0 Å². The Morgan fingerprint density at radius 2 is 1.65 bits per heavy atom. The van der Waals surface area contributed by atoms with Gasteiger partial charge in [0.05, 0.1) is 11.9 Å². The highest BCUT2D eigenvalue weighted by molar-refractivity contribution is 5.56. The highest BCUT2D eigenvalue weighted by atomic mass is 19.1. The van der Waals surface area contributed by atoms with Gasteiger partial charge in [0, 0.05) is 12.1 Å². The maximum atomic E-state index is 13.6. The summed E-state index contributed by atoms with van der Waals surface area (Å²) in [6, 6.07) is 12.6. The van der Waals surface area contributed by atoms with E-state index in [-0.39, 0.29) is 24.0 Å². The van der Waals surface area contributed by atoms with E-state index < -0.39 is 5.82 Å². The molecule has 0 aliphatic heterocycles. The Morgan fingerprint density at radius 3 is 2.43 bits per heavy atom. The first-order valence-corrected chi connectivity index (χ1v) is 6.91. The topological polar surface area (TPSA) is 62.7 Å². The number of nitrogens with one attached hydrogen (secondary N) is 2. The lowest BCUT2D eigenvalue weighted by Crippen LogP contribution is -2.07. The van der Waals surface area contributed by atoms with E-state index >= 15 is 0 Å². The molecule has 1 aromatic heterocycles. The Hall–Kier alpha value is -3.09. The minimum Gasteiger partial charge on any atom is -0.349 e. The van der Waals surface area contributed by atoms with Gasteiger partial charge in [-0.2, -0.15) is 10.1 Å². The summed E-state index contributed by atoms with van der Waals surface area (Å²) < 4.78 is 27.2. The summed E-state index contributed by atoms with van der Waals surface area (Å²) in [5.74, 6) is -0.156. The summed E-state index contributed by atoms with van der Waals surface area (Å²) >= 11 is 0. The molecule has 2 N–H and O–H groups in total. The third-order valence-corrected chi connectivity index (χ3v) is 3.09. The van der Waals surface area contributed by atoms with Gasteiger partial charge in [-0.15, -0.1) is 5.10 Å². The Morgan fingerprint density at radius 1 is 0.913 bits per heavy atom. The summed E-state index contributed by atoms with van der Waals surface area (Å²) in [4.78, 5) is 4.17. The second-order valence-corrected chi connectivity index (χ2v) is 4.72. The van der Waals surface area contributed by atoms with Gasteiger partial charge in [0.1, 0.15) is 11.6 Å². The minimum atomic E-state index is -0.396. The van der Waals surface area contributed by atoms with Gasteiger partial charge in [-0.25, -0.2) is 8.78 Å². The first-order chi connectivity index (χ1) is 11.2. The molecule has 23 heavy (non-hydrogen) atoms. The summed E-state index contributed by atoms with van der Waals surface area (Å²) in [6.45, 7) is 0.220. The van der Waals surface area contributed by atoms with E-state index in [1.807, 2.05) is 0 Å². The van der Waals surface area contributed by atoms with Crippen LogP contribution in [0.3, 0.4) is 0 Å². The molecule has 5 nitrogen and oxygen atoms in total. The Bertz CT molecular complexity index is 810. The molecule has 3 aromatic rings. The van der Waals surface area contributed by atoms with E-state index in [2.05, 4.69) is 25.8 Å². The van der Waals surface area contributed by atoms with Crippen molar-refractivity contribution in [2.45, 2.75) is 6.54 Å². The smallest absolute Gasteiger partial charge is 0.244 e. The monoisotopic (exact) mass is 313 g/mol. The van der Waals surface area contributed by atoms with Crippen LogP contribution in [-0.2, 0) is 6.54 Å². The summed E-state index contributed by atoms with van der Waals surface area (Å²) in [7, 11) is 0. The van der Waals surface area contributed by atoms with Crippen LogP contribution in [0.1, 0.15) is 5.56 Å². The molecule has 1 heterocycles. The molecule has 2 aromatic carbocycles. The van der Waals surface area contributed by atoms with Crippen molar-refractivity contribution >= 4 is 17.5 Å². The van der Waals surface area contributed by atoms with Crippen LogP contribution in [0.4, 0.5) is 26.2 Å². The van der Waals surface area contributed by atoms with Crippen molar-refractivity contribution in [1.82, 2.24) is 15.2 Å². The molecule has 0 saturated heterocycles.